The summed E-state index contributed by atoms with van der Waals surface area (Å²) in [5, 5.41) is 10.2. The van der Waals surface area contributed by atoms with Crippen LogP contribution in [0, 0.1) is 11.3 Å². The van der Waals surface area contributed by atoms with Crippen molar-refractivity contribution in [2.75, 3.05) is 0 Å². The first-order valence-electron chi connectivity index (χ1n) is 20.5. The summed E-state index contributed by atoms with van der Waals surface area (Å²) in [6.07, 6.45) is 0. The molecule has 5 heteroatoms. The van der Waals surface area contributed by atoms with Gasteiger partial charge in [-0.05, 0) is 81.9 Å². The summed E-state index contributed by atoms with van der Waals surface area (Å²) < 4.78 is 0. The van der Waals surface area contributed by atoms with Crippen LogP contribution in [0.25, 0.3) is 101 Å². The van der Waals surface area contributed by atoms with Gasteiger partial charge in [0, 0.05) is 33.4 Å². The monoisotopic (exact) mass is 791 g/mol. The van der Waals surface area contributed by atoms with Crippen molar-refractivity contribution in [3.8, 4) is 107 Å². The molecule has 0 aliphatic rings. The summed E-state index contributed by atoms with van der Waals surface area (Å²) in [6.45, 7) is 0. The predicted octanol–water partition coefficient (Wildman–Crippen LogP) is 14.1. The van der Waals surface area contributed by atoms with E-state index in [4.69, 9.17) is 19.9 Å². The largest absolute Gasteiger partial charge is 0.228 e. The average Bonchev–Trinajstić information content (AvgIpc) is 3.37. The maximum Gasteiger partial charge on any atom is 0.160 e. The second-order valence-corrected chi connectivity index (χ2v) is 15.0. The Morgan fingerprint density at radius 1 is 0.258 bits per heavy atom. The summed E-state index contributed by atoms with van der Waals surface area (Å²) in [6, 6.07) is 78.6. The SMILES string of the molecule is N#Cc1ccccc1-c1cc(-c2cccc(-c3cc(-c4ccccc4)nc(-c4ccccc4)n3)c2)cc(-c2cccc(-c3cc(-c4ccccc4)nc(-c4ccccc4)n3)c2)c1. The molecule has 0 amide bonds. The molecule has 5 nitrogen and oxygen atoms in total. The Bertz CT molecular complexity index is 2930. The van der Waals surface area contributed by atoms with Crippen molar-refractivity contribution in [1.29, 1.82) is 5.26 Å². The zero-order chi connectivity index (χ0) is 41.7. The van der Waals surface area contributed by atoms with Gasteiger partial charge in [0.25, 0.3) is 0 Å². The van der Waals surface area contributed by atoms with Crippen molar-refractivity contribution >= 4 is 0 Å². The zero-order valence-electron chi connectivity index (χ0n) is 33.6. The number of nitrogens with zero attached hydrogens (tertiary/aromatic N) is 5. The Hall–Kier alpha value is -8.59. The zero-order valence-corrected chi connectivity index (χ0v) is 33.6. The molecule has 0 N–H and O–H groups in total. The van der Waals surface area contributed by atoms with Gasteiger partial charge in [-0.3, -0.25) is 0 Å². The Labute approximate surface area is 361 Å². The Morgan fingerprint density at radius 2 is 0.581 bits per heavy atom. The van der Waals surface area contributed by atoms with Crippen LogP contribution in [0.1, 0.15) is 5.56 Å². The molecule has 0 spiro atoms. The van der Waals surface area contributed by atoms with E-state index in [-0.39, 0.29) is 0 Å². The first-order valence-corrected chi connectivity index (χ1v) is 20.5. The van der Waals surface area contributed by atoms with Gasteiger partial charge in [-0.1, -0.05) is 176 Å². The van der Waals surface area contributed by atoms with E-state index in [1.807, 2.05) is 121 Å². The average molecular weight is 792 g/mol. The molecular weight excluding hydrogens is 755 g/mol. The molecule has 0 unspecified atom stereocenters. The lowest BCUT2D eigenvalue weighted by Crippen LogP contribution is -1.96. The van der Waals surface area contributed by atoms with Gasteiger partial charge in [0.15, 0.2) is 11.6 Å². The maximum absolute atomic E-state index is 10.2. The standard InChI is InChI=1S/C57H37N5/c58-38-47-25-13-14-30-51(47)50-34-48(43-26-15-28-45(31-43)54-36-52(39-17-5-1-6-18-39)59-56(61-54)41-21-9-3-10-22-41)33-49(35-50)44-27-16-29-46(32-44)55-37-53(40-19-7-2-8-20-40)60-57(62-55)42-23-11-4-12-24-42/h1-37H. The highest BCUT2D eigenvalue weighted by Crippen LogP contribution is 2.38. The quantitative estimate of drug-likeness (QED) is 0.145. The van der Waals surface area contributed by atoms with Crippen LogP contribution < -0.4 is 0 Å². The lowest BCUT2D eigenvalue weighted by molar-refractivity contribution is 1.18. The highest BCUT2D eigenvalue weighted by molar-refractivity contribution is 5.86. The van der Waals surface area contributed by atoms with Gasteiger partial charge in [-0.15, -0.1) is 0 Å². The lowest BCUT2D eigenvalue weighted by atomic mass is 9.90. The molecule has 2 aromatic heterocycles. The second-order valence-electron chi connectivity index (χ2n) is 15.0. The molecule has 0 aliphatic carbocycles. The molecule has 8 aromatic carbocycles. The predicted molar refractivity (Wildman–Crippen MR) is 251 cm³/mol. The first-order chi connectivity index (χ1) is 30.6. The minimum Gasteiger partial charge on any atom is -0.228 e. The van der Waals surface area contributed by atoms with Gasteiger partial charge in [0.05, 0.1) is 34.4 Å². The molecule has 0 fully saturated rings. The molecule has 0 saturated heterocycles. The van der Waals surface area contributed by atoms with Crippen LogP contribution >= 0.6 is 0 Å². The molecule has 0 radical (unpaired) electrons. The molecule has 2 heterocycles. The van der Waals surface area contributed by atoms with Crippen molar-refractivity contribution in [3.05, 3.63) is 230 Å². The van der Waals surface area contributed by atoms with Gasteiger partial charge in [-0.25, -0.2) is 19.9 Å². The van der Waals surface area contributed by atoms with Crippen LogP contribution in [0.4, 0.5) is 0 Å². The van der Waals surface area contributed by atoms with Crippen LogP contribution in [-0.4, -0.2) is 19.9 Å². The fourth-order valence-corrected chi connectivity index (χ4v) is 7.80. The van der Waals surface area contributed by atoms with E-state index in [0.29, 0.717) is 17.2 Å². The van der Waals surface area contributed by atoms with E-state index in [9.17, 15) is 5.26 Å². The molecule has 10 rings (SSSR count). The Kier molecular flexibility index (Phi) is 10.3. The van der Waals surface area contributed by atoms with Crippen LogP contribution in [-0.2, 0) is 0 Å². The van der Waals surface area contributed by atoms with Crippen LogP contribution in [0.2, 0.25) is 0 Å². The number of aromatic nitrogens is 4. The van der Waals surface area contributed by atoms with Crippen molar-refractivity contribution in [3.63, 3.8) is 0 Å². The van der Waals surface area contributed by atoms with Crippen molar-refractivity contribution in [2.45, 2.75) is 0 Å². The Morgan fingerprint density at radius 3 is 1.02 bits per heavy atom. The third kappa shape index (κ3) is 7.92. The Balaban J connectivity index is 1.11. The number of nitriles is 1. The number of hydrogen-bond acceptors (Lipinski definition) is 5. The highest BCUT2D eigenvalue weighted by Gasteiger charge is 2.16. The van der Waals surface area contributed by atoms with Gasteiger partial charge in [-0.2, -0.15) is 5.26 Å². The molecule has 0 aliphatic heterocycles. The minimum atomic E-state index is 0.615. The summed E-state index contributed by atoms with van der Waals surface area (Å²) in [4.78, 5) is 20.3. The molecule has 0 bridgehead atoms. The third-order valence-corrected chi connectivity index (χ3v) is 10.9. The number of benzene rings is 8. The molecule has 290 valence electrons. The number of rotatable bonds is 9. The van der Waals surface area contributed by atoms with Gasteiger partial charge in [0.2, 0.25) is 0 Å². The summed E-state index contributed by atoms with van der Waals surface area (Å²) in [7, 11) is 0. The fourth-order valence-electron chi connectivity index (χ4n) is 7.80. The molecule has 10 aromatic rings. The van der Waals surface area contributed by atoms with E-state index in [2.05, 4.69) is 109 Å². The molecule has 0 atom stereocenters. The third-order valence-electron chi connectivity index (χ3n) is 10.9. The van der Waals surface area contributed by atoms with Crippen molar-refractivity contribution in [2.24, 2.45) is 0 Å². The van der Waals surface area contributed by atoms with Crippen LogP contribution in [0.15, 0.2) is 224 Å². The van der Waals surface area contributed by atoms with E-state index >= 15 is 0 Å². The molecule has 0 saturated carbocycles. The fraction of sp³-hybridized carbons (Fsp3) is 0. The minimum absolute atomic E-state index is 0.615. The van der Waals surface area contributed by atoms with Gasteiger partial charge >= 0.3 is 0 Å². The number of hydrogen-bond donors (Lipinski definition) is 0. The normalized spacial score (nSPS) is 10.9. The van der Waals surface area contributed by atoms with E-state index in [1.165, 1.54) is 0 Å². The van der Waals surface area contributed by atoms with Crippen molar-refractivity contribution in [1.82, 2.24) is 19.9 Å². The maximum atomic E-state index is 10.2. The van der Waals surface area contributed by atoms with Crippen LogP contribution in [0.3, 0.4) is 0 Å². The molecule has 62 heavy (non-hydrogen) atoms. The van der Waals surface area contributed by atoms with Crippen LogP contribution in [0.5, 0.6) is 0 Å². The first kappa shape index (κ1) is 37.7. The topological polar surface area (TPSA) is 75.3 Å². The molecular formula is C57H37N5. The summed E-state index contributed by atoms with van der Waals surface area (Å²) in [5.74, 6) is 1.33. The van der Waals surface area contributed by atoms with E-state index in [1.54, 1.807) is 0 Å². The van der Waals surface area contributed by atoms with Crippen molar-refractivity contribution < 1.29 is 0 Å². The van der Waals surface area contributed by atoms with E-state index < -0.39 is 0 Å². The second kappa shape index (κ2) is 16.9. The summed E-state index contributed by atoms with van der Waals surface area (Å²) in [5.41, 5.74) is 15.8. The van der Waals surface area contributed by atoms with Gasteiger partial charge in [0.1, 0.15) is 0 Å². The summed E-state index contributed by atoms with van der Waals surface area (Å²) >= 11 is 0. The lowest BCUT2D eigenvalue weighted by Gasteiger charge is -2.14. The smallest absolute Gasteiger partial charge is 0.160 e. The van der Waals surface area contributed by atoms with Gasteiger partial charge < -0.3 is 0 Å². The highest BCUT2D eigenvalue weighted by atomic mass is 14.9. The van der Waals surface area contributed by atoms with E-state index in [0.717, 1.165) is 89.5 Å².